The van der Waals surface area contributed by atoms with Crippen LogP contribution in [-0.4, -0.2) is 46.3 Å². The number of aromatic nitrogens is 2. The first-order valence-electron chi connectivity index (χ1n) is 13.0. The minimum Gasteiger partial charge on any atom is -0.471 e. The molecule has 0 aliphatic heterocycles. The summed E-state index contributed by atoms with van der Waals surface area (Å²) in [6, 6.07) is 9.95. The molecule has 1 aromatic heterocycles. The van der Waals surface area contributed by atoms with E-state index in [4.69, 9.17) is 4.74 Å². The van der Waals surface area contributed by atoms with E-state index in [1.807, 2.05) is 12.1 Å². The number of benzene rings is 1. The molecule has 0 bridgehead atoms. The second kappa shape index (κ2) is 14.1. The van der Waals surface area contributed by atoms with Gasteiger partial charge in [-0.1, -0.05) is 72.4 Å². The van der Waals surface area contributed by atoms with E-state index in [1.54, 1.807) is 16.9 Å². The van der Waals surface area contributed by atoms with Crippen LogP contribution >= 0.6 is 0 Å². The van der Waals surface area contributed by atoms with Crippen LogP contribution < -0.4 is 10.1 Å². The minimum absolute atomic E-state index is 0.0680. The predicted molar refractivity (Wildman–Crippen MR) is 140 cm³/mol. The third-order valence-electron chi connectivity index (χ3n) is 6.02. The van der Waals surface area contributed by atoms with E-state index in [0.717, 1.165) is 25.4 Å². The molecule has 1 N–H and O–H groups in total. The lowest BCUT2D eigenvalue weighted by atomic mass is 9.87. The smallest absolute Gasteiger partial charge is 0.272 e. The third-order valence-corrected chi connectivity index (χ3v) is 6.02. The van der Waals surface area contributed by atoms with Gasteiger partial charge in [-0.25, -0.2) is 4.68 Å². The third kappa shape index (κ3) is 9.88. The lowest BCUT2D eigenvalue weighted by Crippen LogP contribution is -2.42. The van der Waals surface area contributed by atoms with Gasteiger partial charge < -0.3 is 15.0 Å². The Morgan fingerprint density at radius 2 is 1.65 bits per heavy atom. The van der Waals surface area contributed by atoms with E-state index >= 15 is 0 Å². The molecule has 1 unspecified atom stereocenters. The van der Waals surface area contributed by atoms with Gasteiger partial charge in [0.15, 0.2) is 6.73 Å². The maximum atomic E-state index is 12.7. The fraction of sp³-hybridized carbons (Fsp3) is 0.643. The highest BCUT2D eigenvalue weighted by molar-refractivity contribution is 5.92. The maximum absolute atomic E-state index is 12.7. The normalized spacial score (nSPS) is 12.7. The molecule has 1 atom stereocenters. The molecule has 1 amide bonds. The zero-order valence-electron chi connectivity index (χ0n) is 22.3. The zero-order chi connectivity index (χ0) is 25.0. The van der Waals surface area contributed by atoms with Crippen molar-refractivity contribution in [2.75, 3.05) is 19.6 Å². The fourth-order valence-corrected chi connectivity index (χ4v) is 3.94. The van der Waals surface area contributed by atoms with Crippen LogP contribution in [0, 0.1) is 0 Å². The first kappa shape index (κ1) is 27.9. The van der Waals surface area contributed by atoms with E-state index in [0.29, 0.717) is 5.69 Å². The number of carbonyl (C=O) groups is 1. The van der Waals surface area contributed by atoms with Crippen molar-refractivity contribution in [1.82, 2.24) is 20.0 Å². The number of ether oxygens (including phenoxy) is 1. The van der Waals surface area contributed by atoms with Crippen molar-refractivity contribution in [3.8, 4) is 5.75 Å². The zero-order valence-corrected chi connectivity index (χ0v) is 22.3. The number of hydrogen-bond acceptors (Lipinski definition) is 4. The largest absolute Gasteiger partial charge is 0.471 e. The maximum Gasteiger partial charge on any atom is 0.272 e. The molecule has 34 heavy (non-hydrogen) atoms. The summed E-state index contributed by atoms with van der Waals surface area (Å²) in [6.07, 6.45) is 9.17. The monoisotopic (exact) mass is 470 g/mol. The van der Waals surface area contributed by atoms with Crippen molar-refractivity contribution >= 4 is 5.91 Å². The number of unbranched alkanes of at least 4 members (excludes halogenated alkanes) is 4. The van der Waals surface area contributed by atoms with Crippen LogP contribution in [0.3, 0.4) is 0 Å². The van der Waals surface area contributed by atoms with Gasteiger partial charge in [0.1, 0.15) is 11.4 Å². The van der Waals surface area contributed by atoms with Gasteiger partial charge in [0.05, 0.1) is 0 Å². The molecule has 0 saturated carbocycles. The molecule has 0 fully saturated rings. The molecule has 0 spiro atoms. The van der Waals surface area contributed by atoms with Gasteiger partial charge in [-0.15, -0.1) is 0 Å². The molecular weight excluding hydrogens is 424 g/mol. The summed E-state index contributed by atoms with van der Waals surface area (Å²) in [5, 5.41) is 7.52. The standard InChI is InChI=1S/C28H46N4O2/c1-7-9-11-18-31(19-12-10-8-2)21-23(3)29-27(33)26-17-20-32(30-26)22-34-25-15-13-24(14-16-25)28(4,5)6/h13-17,20,23H,7-12,18-19,21-22H2,1-6H3,(H,29,33). The first-order chi connectivity index (χ1) is 16.2. The van der Waals surface area contributed by atoms with E-state index in [1.165, 1.54) is 44.1 Å². The summed E-state index contributed by atoms with van der Waals surface area (Å²) in [5.41, 5.74) is 1.80. The summed E-state index contributed by atoms with van der Waals surface area (Å²) in [6.45, 7) is 16.4. The number of rotatable bonds is 15. The van der Waals surface area contributed by atoms with Crippen LogP contribution in [0.1, 0.15) is 96.1 Å². The second-order valence-electron chi connectivity index (χ2n) is 10.4. The van der Waals surface area contributed by atoms with Crippen molar-refractivity contribution in [2.45, 2.75) is 98.3 Å². The van der Waals surface area contributed by atoms with E-state index in [2.05, 4.69) is 69.0 Å². The van der Waals surface area contributed by atoms with Gasteiger partial charge >= 0.3 is 0 Å². The topological polar surface area (TPSA) is 59.4 Å². The van der Waals surface area contributed by atoms with E-state index in [9.17, 15) is 4.79 Å². The number of hydrogen-bond donors (Lipinski definition) is 1. The minimum atomic E-state index is -0.136. The molecule has 190 valence electrons. The average molecular weight is 471 g/mol. The van der Waals surface area contributed by atoms with Crippen molar-refractivity contribution < 1.29 is 9.53 Å². The Labute approximate surface area is 207 Å². The Balaban J connectivity index is 1.83. The van der Waals surface area contributed by atoms with Crippen LogP contribution in [0.2, 0.25) is 0 Å². The highest BCUT2D eigenvalue weighted by atomic mass is 16.5. The first-order valence-corrected chi connectivity index (χ1v) is 13.0. The fourth-order valence-electron chi connectivity index (χ4n) is 3.94. The molecule has 0 radical (unpaired) electrons. The van der Waals surface area contributed by atoms with Crippen LogP contribution in [0.5, 0.6) is 5.75 Å². The molecular formula is C28H46N4O2. The summed E-state index contributed by atoms with van der Waals surface area (Å²) in [7, 11) is 0. The molecule has 6 nitrogen and oxygen atoms in total. The lowest BCUT2D eigenvalue weighted by molar-refractivity contribution is 0.0921. The summed E-state index contributed by atoms with van der Waals surface area (Å²) in [4.78, 5) is 15.2. The predicted octanol–water partition coefficient (Wildman–Crippen LogP) is 6.02. The van der Waals surface area contributed by atoms with Crippen LogP contribution in [-0.2, 0) is 12.1 Å². The second-order valence-corrected chi connectivity index (χ2v) is 10.4. The lowest BCUT2D eigenvalue weighted by Gasteiger charge is -2.26. The van der Waals surface area contributed by atoms with E-state index in [-0.39, 0.29) is 24.1 Å². The Bertz CT molecular complexity index is 829. The number of amides is 1. The average Bonchev–Trinajstić information content (AvgIpc) is 3.27. The molecule has 0 aliphatic rings. The Kier molecular flexibility index (Phi) is 11.6. The van der Waals surface area contributed by atoms with Gasteiger partial charge in [0.2, 0.25) is 0 Å². The molecule has 2 rings (SSSR count). The van der Waals surface area contributed by atoms with Crippen molar-refractivity contribution in [1.29, 1.82) is 0 Å². The van der Waals surface area contributed by atoms with Gasteiger partial charge in [-0.3, -0.25) is 4.79 Å². The van der Waals surface area contributed by atoms with Gasteiger partial charge in [-0.2, -0.15) is 5.10 Å². The van der Waals surface area contributed by atoms with Crippen molar-refractivity contribution in [2.24, 2.45) is 0 Å². The van der Waals surface area contributed by atoms with Crippen molar-refractivity contribution in [3.05, 3.63) is 47.8 Å². The highest BCUT2D eigenvalue weighted by Gasteiger charge is 2.16. The Morgan fingerprint density at radius 1 is 1.03 bits per heavy atom. The molecule has 1 aromatic carbocycles. The number of nitrogens with one attached hydrogen (secondary N) is 1. The van der Waals surface area contributed by atoms with Gasteiger partial charge in [-0.05, 0) is 62.0 Å². The van der Waals surface area contributed by atoms with Gasteiger partial charge in [0.25, 0.3) is 5.91 Å². The van der Waals surface area contributed by atoms with Crippen LogP contribution in [0.4, 0.5) is 0 Å². The van der Waals surface area contributed by atoms with Gasteiger partial charge in [0, 0.05) is 18.8 Å². The highest BCUT2D eigenvalue weighted by Crippen LogP contribution is 2.24. The summed E-state index contributed by atoms with van der Waals surface area (Å²) in [5.74, 6) is 0.650. The Morgan fingerprint density at radius 3 is 2.21 bits per heavy atom. The quantitative estimate of drug-likeness (QED) is 0.324. The van der Waals surface area contributed by atoms with Crippen LogP contribution in [0.25, 0.3) is 0 Å². The molecule has 2 aromatic rings. The van der Waals surface area contributed by atoms with Crippen LogP contribution in [0.15, 0.2) is 36.5 Å². The molecule has 0 aliphatic carbocycles. The molecule has 0 saturated heterocycles. The van der Waals surface area contributed by atoms with E-state index < -0.39 is 0 Å². The number of carbonyl (C=O) groups excluding carboxylic acids is 1. The molecule has 1 heterocycles. The SMILES string of the molecule is CCCCCN(CCCCC)CC(C)NC(=O)c1ccn(COc2ccc(C(C)(C)C)cc2)n1. The summed E-state index contributed by atoms with van der Waals surface area (Å²) < 4.78 is 7.49. The Hall–Kier alpha value is -2.34. The van der Waals surface area contributed by atoms with Crippen molar-refractivity contribution in [3.63, 3.8) is 0 Å². The number of nitrogens with zero attached hydrogens (tertiary/aromatic N) is 3. The summed E-state index contributed by atoms with van der Waals surface area (Å²) >= 11 is 0. The molecule has 6 heteroatoms.